The van der Waals surface area contributed by atoms with E-state index in [9.17, 15) is 208 Å². The molecule has 0 saturated carbocycles. The molecule has 149 heavy (non-hydrogen) atoms. The topological polar surface area (TPSA) is 1190 Å². The van der Waals surface area contributed by atoms with Gasteiger partial charge >= 0.3 is 473 Å². The first-order valence-corrected chi connectivity index (χ1v) is 53.9. The van der Waals surface area contributed by atoms with Gasteiger partial charge in [-0.3, -0.25) is 66.9 Å². The Labute approximate surface area is 1200 Å². The molecule has 790 valence electrons. The maximum atomic E-state index is 13.2. The molecule has 0 spiro atoms. The summed E-state index contributed by atoms with van der Waals surface area (Å²) in [6.07, 6.45) is -101. The summed E-state index contributed by atoms with van der Waals surface area (Å²) in [5.41, 5.74) is 0. The van der Waals surface area contributed by atoms with Crippen LogP contribution in [0.15, 0.2) is 0 Å². The quantitative estimate of drug-likeness (QED) is 0.0236. The van der Waals surface area contributed by atoms with Crippen LogP contribution in [0.3, 0.4) is 0 Å². The zero-order chi connectivity index (χ0) is 102. The third kappa shape index (κ3) is 78.6. The smallest absolute Gasteiger partial charge is 0.726 e. The fraction of sp³-hybridized carbons (Fsp3) is 1.00. The van der Waals surface area contributed by atoms with Gasteiger partial charge in [0, 0.05) is 7.11 Å². The number of hydrogen-bond donors (Lipinski definition) is 0. The van der Waals surface area contributed by atoms with Crippen molar-refractivity contribution in [2.24, 2.45) is 0 Å². The van der Waals surface area contributed by atoms with Gasteiger partial charge in [0.25, 0.3) is 0 Å². The van der Waals surface area contributed by atoms with Gasteiger partial charge in [-0.1, -0.05) is 0 Å². The van der Waals surface area contributed by atoms with Crippen molar-refractivity contribution in [3.8, 4) is 0 Å². The minimum absolute atomic E-state index is 0. The van der Waals surface area contributed by atoms with Crippen molar-refractivity contribution in [1.29, 1.82) is 0 Å². The van der Waals surface area contributed by atoms with Crippen LogP contribution in [0.25, 0.3) is 0 Å². The number of ether oxygens (including phenoxy) is 14. The first-order valence-electron chi connectivity index (χ1n) is 32.6. The molecule has 0 aromatic carbocycles. The van der Waals surface area contributed by atoms with Gasteiger partial charge in [-0.25, -0.2) is 135 Å². The van der Waals surface area contributed by atoms with Crippen molar-refractivity contribution in [1.82, 2.24) is 0 Å². The van der Waals surface area contributed by atoms with Crippen molar-refractivity contribution in [3.63, 3.8) is 0 Å². The standard InChI is InChI=1S/C39H70O78S16.16Na/c1-88-2-3-89-4-5-90-6-7-91-8-9-92-35-30(113-129(73,74)75)25(20(107-123(55,56)57)15(98-35)10-93-118(40,41)42)103-36-31(114-130(76,77)78)26(21(108-124(58,59)60)16(99-36)11-94-119(43,44)45)104-37-32(115-131(79,80)81)27(22(109-125(61,62)63)17(100-37)12-95-120(46,47)48)105-38-33(116-132(82,83)84)28(23(110-126(64,65)66)18(101-38)13-96-121(49,50)51)106-39-34(117-133(85,86)87)29(112-128(70,71)72)24(111-127(67,68)69)19(102-39)14-97-122(52,53)54;;;;;;;;;;;;;;;;/h15-39H,2-14H2,1H3,(H,40,41,42)(H,43,44,45)(H,46,47,48)(H,49,50,51)(H,52,53,54)(H,55,56,57)(H,58,59,60)(H,61,62,63)(H,64,65,66)(H,67,68,69)(H,70,71,72)(H,73,74,75)(H,76,77,78)(H,79,80,81)(H,82,83,84)(H,85,86,87);;;;;;;;;;;;;;;;/q;16*+1/p-16/t15-,16-,17-,18-,19-,20-,21-,22-,23-,24-,25+,26+,27+,28+,29+,30-,31-,32-,33-,34-,35?,36+,37+,38+,39+;;;;;;;;;;;;;;;;/m1................/s1. The Balaban J connectivity index is -0.00000117. The van der Waals surface area contributed by atoms with E-state index < -0.39 is 373 Å². The van der Waals surface area contributed by atoms with E-state index in [-0.39, 0.29) is 506 Å². The Morgan fingerprint density at radius 3 is 0.470 bits per heavy atom. The Morgan fingerprint density at radius 2 is 0.302 bits per heavy atom. The van der Waals surface area contributed by atoms with Gasteiger partial charge in [-0.15, -0.1) is 0 Å². The van der Waals surface area contributed by atoms with Crippen molar-refractivity contribution in [3.05, 3.63) is 0 Å². The average molecular weight is 2650 g/mol. The molecular formula is C39H54Na16O78S16. The van der Waals surface area contributed by atoms with Gasteiger partial charge in [-0.2, -0.15) is 0 Å². The normalized spacial score (nSPS) is 27.9. The molecule has 25 atom stereocenters. The second-order valence-electron chi connectivity index (χ2n) is 24.4. The molecule has 110 heteroatoms. The van der Waals surface area contributed by atoms with Crippen LogP contribution in [0.4, 0.5) is 0 Å². The minimum Gasteiger partial charge on any atom is -0.726 e. The molecule has 0 N–H and O–H groups in total. The maximum absolute atomic E-state index is 13.2. The summed E-state index contributed by atoms with van der Waals surface area (Å²) in [6, 6.07) is 0. The first kappa shape index (κ1) is 187. The van der Waals surface area contributed by atoms with Gasteiger partial charge in [0.05, 0.1) is 85.9 Å². The van der Waals surface area contributed by atoms with Gasteiger partial charge in [0.2, 0.25) is 166 Å². The fourth-order valence-electron chi connectivity index (χ4n) is 11.2. The molecule has 5 saturated heterocycles. The van der Waals surface area contributed by atoms with Crippen LogP contribution in [0.5, 0.6) is 0 Å². The summed E-state index contributed by atoms with van der Waals surface area (Å²) < 4.78 is 739. The third-order valence-electron chi connectivity index (χ3n) is 15.2. The van der Waals surface area contributed by atoms with E-state index in [0.717, 1.165) is 0 Å². The SMILES string of the molecule is COCCOCCOCCOCCOC1O[C@H](COS(=O)(=O)[O-])[C@@H](OS(=O)(=O)[O-])[C@H](O[C@@H]2O[C@H](COS(=O)(=O)[O-])[C@@H](OS(=O)(=O)[O-])[C@H](O[C@@H]3O[C@H](COS(=O)(=O)[O-])[C@@H](OS(=O)(=O)[O-])[C@H](O[C@@H]4O[C@H](COS(=O)(=O)[O-])[C@@H](OS(=O)(=O)[O-])[C@H](O[C@@H]5O[C@H](COS(=O)(=O)[O-])[C@@H](OS(=O)(=O)[O-])[C@H](OS(=O)(=O)[O-])[C@H]5OS(=O)(=O)[O-])[C@H]4OS(=O)(=O)[O-])[C@H]3OS(=O)(=O)[O-])[C@H]2OS(=O)(=O)[O-])[C@H]1OS(=O)(=O)[O-].[Na+].[Na+].[Na+].[Na+].[Na+].[Na+].[Na+].[Na+].[Na+].[Na+].[Na+].[Na+].[Na+].[Na+].[Na+].[Na+]. The van der Waals surface area contributed by atoms with Gasteiger partial charge in [-0.05, 0) is 0 Å². The van der Waals surface area contributed by atoms with Crippen molar-refractivity contribution in [2.75, 3.05) is 93.0 Å². The van der Waals surface area contributed by atoms with Gasteiger partial charge < -0.3 is 139 Å². The summed E-state index contributed by atoms with van der Waals surface area (Å²) >= 11 is 0. The molecule has 0 bridgehead atoms. The van der Waals surface area contributed by atoms with Crippen LogP contribution in [0.1, 0.15) is 0 Å². The van der Waals surface area contributed by atoms with E-state index in [1.54, 1.807) is 0 Å². The summed E-state index contributed by atoms with van der Waals surface area (Å²) in [4.78, 5) is 0. The van der Waals surface area contributed by atoms with Crippen molar-refractivity contribution in [2.45, 2.75) is 154 Å². The third-order valence-corrected chi connectivity index (χ3v) is 22.4. The van der Waals surface area contributed by atoms with Crippen LogP contribution in [0.2, 0.25) is 0 Å². The average Bonchev–Trinajstić information content (AvgIpc) is 0.749. The molecule has 0 aromatic heterocycles. The fourth-order valence-corrected chi connectivity index (χ4v) is 18.1. The summed E-state index contributed by atoms with van der Waals surface area (Å²) in [6.45, 7) is -16.1. The van der Waals surface area contributed by atoms with Gasteiger partial charge in [0.15, 0.2) is 62.0 Å². The molecule has 78 nitrogen and oxygen atoms in total. The van der Waals surface area contributed by atoms with E-state index in [0.29, 0.717) is 0 Å². The zero-order valence-corrected chi connectivity index (χ0v) is 124. The summed E-state index contributed by atoms with van der Waals surface area (Å²) in [7, 11) is -111. The van der Waals surface area contributed by atoms with E-state index >= 15 is 0 Å². The molecule has 1 unspecified atom stereocenters. The molecule has 5 heterocycles. The van der Waals surface area contributed by atoms with Crippen molar-refractivity contribution < 1.29 is 814 Å². The molecule has 0 aromatic rings. The molecule has 5 rings (SSSR count). The van der Waals surface area contributed by atoms with Crippen LogP contribution in [-0.2, 0) is 300 Å². The first-order chi connectivity index (χ1) is 59.8. The second-order valence-corrected chi connectivity index (χ2v) is 40.8. The predicted octanol–water partition coefficient (Wildman–Crippen LogP) is -67.4. The summed E-state index contributed by atoms with van der Waals surface area (Å²) in [5.74, 6) is 0. The van der Waals surface area contributed by atoms with Crippen molar-refractivity contribution >= 4 is 166 Å². The van der Waals surface area contributed by atoms with Crippen LogP contribution in [0, 0.1) is 0 Å². The zero-order valence-electron chi connectivity index (χ0n) is 79.0. The molecule has 5 aliphatic heterocycles. The molecule has 0 amide bonds. The number of rotatable bonds is 58. The monoisotopic (exact) mass is 2650 g/mol. The van der Waals surface area contributed by atoms with Crippen LogP contribution < -0.4 is 473 Å². The summed E-state index contributed by atoms with van der Waals surface area (Å²) in [5, 5.41) is 0. The van der Waals surface area contributed by atoms with E-state index in [1.807, 2.05) is 0 Å². The van der Waals surface area contributed by atoms with E-state index in [2.05, 4.69) is 66.9 Å². The minimum atomic E-state index is -7.51. The second kappa shape index (κ2) is 80.3. The molecule has 0 radical (unpaired) electrons. The Morgan fingerprint density at radius 1 is 0.168 bits per heavy atom. The van der Waals surface area contributed by atoms with Crippen LogP contribution >= 0.6 is 0 Å². The molecule has 0 aliphatic carbocycles. The van der Waals surface area contributed by atoms with Gasteiger partial charge in [0.1, 0.15) is 91.6 Å². The molecule has 5 aliphatic rings. The van der Waals surface area contributed by atoms with Crippen LogP contribution in [-0.4, -0.2) is 454 Å². The Bertz CT molecular complexity index is 5910. The predicted molar refractivity (Wildman–Crippen MR) is 352 cm³/mol. The number of hydrogen-bond acceptors (Lipinski definition) is 78. The number of methoxy groups -OCH3 is 1. The van der Waals surface area contributed by atoms with E-state index in [1.165, 1.54) is 7.11 Å². The maximum Gasteiger partial charge on any atom is 1.00 e. The Hall–Kier alpha value is 13.4. The Kier molecular flexibility index (Phi) is 101. The molecular weight excluding hydrogens is 2600 g/mol. The molecule has 5 fully saturated rings. The largest absolute Gasteiger partial charge is 1.00 e. The van der Waals surface area contributed by atoms with E-state index in [4.69, 9.17) is 66.3 Å².